The molecule has 2 aliphatic heterocycles. The summed E-state index contributed by atoms with van der Waals surface area (Å²) in [6, 6.07) is 15.5. The molecule has 0 unspecified atom stereocenters. The van der Waals surface area contributed by atoms with Crippen molar-refractivity contribution >= 4 is 22.7 Å². The monoisotopic (exact) mass is 443 g/mol. The maximum absolute atomic E-state index is 13.9. The number of piperazine rings is 1. The van der Waals surface area contributed by atoms with Gasteiger partial charge in [-0.25, -0.2) is 0 Å². The van der Waals surface area contributed by atoms with Crippen molar-refractivity contribution < 1.29 is 14.3 Å². The molecule has 6 rings (SSSR count). The molecule has 1 aliphatic carbocycles. The van der Waals surface area contributed by atoms with E-state index >= 15 is 0 Å². The highest BCUT2D eigenvalue weighted by Gasteiger charge is 2.49. The molecule has 0 radical (unpaired) electrons. The zero-order chi connectivity index (χ0) is 22.5. The average Bonchev–Trinajstić information content (AvgIpc) is 3.24. The second kappa shape index (κ2) is 7.94. The Bertz CT molecular complexity index is 1230. The van der Waals surface area contributed by atoms with Crippen LogP contribution in [0.15, 0.2) is 48.5 Å². The van der Waals surface area contributed by atoms with Gasteiger partial charge in [-0.05, 0) is 42.2 Å². The number of hydrogen-bond donors (Lipinski definition) is 1. The Balaban J connectivity index is 1.49. The average molecular weight is 444 g/mol. The van der Waals surface area contributed by atoms with Crippen LogP contribution in [0.3, 0.4) is 0 Å². The van der Waals surface area contributed by atoms with E-state index in [1.807, 2.05) is 46.2 Å². The molecular weight excluding hydrogens is 414 g/mol. The van der Waals surface area contributed by atoms with E-state index in [0.717, 1.165) is 59.2 Å². The topological polar surface area (TPSA) is 65.6 Å². The van der Waals surface area contributed by atoms with E-state index in [2.05, 4.69) is 17.1 Å². The first-order valence-electron chi connectivity index (χ1n) is 12.0. The maximum atomic E-state index is 13.9. The number of aromatic nitrogens is 1. The van der Waals surface area contributed by atoms with Crippen LogP contribution in [0.1, 0.15) is 55.0 Å². The molecule has 3 heterocycles. The molecule has 1 saturated heterocycles. The van der Waals surface area contributed by atoms with Gasteiger partial charge in [0.05, 0.1) is 13.2 Å². The number of aromatic amines is 1. The number of nitrogens with one attached hydrogen (secondary N) is 1. The summed E-state index contributed by atoms with van der Waals surface area (Å²) in [4.78, 5) is 34.9. The number of para-hydroxylation sites is 1. The molecule has 3 aromatic rings. The normalized spacial score (nSPS) is 23.5. The summed E-state index contributed by atoms with van der Waals surface area (Å²) in [5, 5.41) is 1.13. The molecule has 2 fully saturated rings. The number of hydrogen-bond acceptors (Lipinski definition) is 3. The van der Waals surface area contributed by atoms with Crippen LogP contribution in [0.5, 0.6) is 5.75 Å². The Morgan fingerprint density at radius 3 is 2.64 bits per heavy atom. The number of rotatable bonds is 3. The van der Waals surface area contributed by atoms with Gasteiger partial charge >= 0.3 is 0 Å². The SMILES string of the molecule is COc1cccc([C@H]2c3[nH]c4ccccc4c3C[C@H]3C(=O)N(C4CCCCC4)CC(=O)N23)c1. The third-order valence-electron chi connectivity index (χ3n) is 7.72. The van der Waals surface area contributed by atoms with Gasteiger partial charge in [-0.3, -0.25) is 9.59 Å². The summed E-state index contributed by atoms with van der Waals surface area (Å²) >= 11 is 0. The van der Waals surface area contributed by atoms with E-state index in [9.17, 15) is 9.59 Å². The molecule has 6 heteroatoms. The lowest BCUT2D eigenvalue weighted by Crippen LogP contribution is -2.65. The first-order valence-corrected chi connectivity index (χ1v) is 12.0. The minimum atomic E-state index is -0.476. The van der Waals surface area contributed by atoms with E-state index in [1.165, 1.54) is 6.42 Å². The summed E-state index contributed by atoms with van der Waals surface area (Å²) in [7, 11) is 1.65. The first-order chi connectivity index (χ1) is 16.2. The molecule has 3 aliphatic rings. The number of fused-ring (bicyclic) bond motifs is 4. The zero-order valence-electron chi connectivity index (χ0n) is 18.9. The summed E-state index contributed by atoms with van der Waals surface area (Å²) < 4.78 is 5.48. The van der Waals surface area contributed by atoms with Gasteiger partial charge in [0.2, 0.25) is 11.8 Å². The van der Waals surface area contributed by atoms with Crippen LogP contribution in [-0.4, -0.2) is 52.3 Å². The van der Waals surface area contributed by atoms with Crippen LogP contribution in [0, 0.1) is 0 Å². The second-order valence-corrected chi connectivity index (χ2v) is 9.52. The molecule has 1 aromatic heterocycles. The van der Waals surface area contributed by atoms with Crippen molar-refractivity contribution in [3.05, 3.63) is 65.4 Å². The van der Waals surface area contributed by atoms with E-state index in [0.29, 0.717) is 6.42 Å². The Morgan fingerprint density at radius 1 is 1.00 bits per heavy atom. The molecule has 1 N–H and O–H groups in total. The number of H-pyrrole nitrogens is 1. The van der Waals surface area contributed by atoms with E-state index in [-0.39, 0.29) is 30.4 Å². The standard InChI is InChI=1S/C27H29N3O3/c1-33-19-11-7-8-17(14-19)26-25-21(20-12-5-6-13-22(20)28-25)15-23-27(32)29(16-24(31)30(23)26)18-9-3-2-4-10-18/h5-8,11-14,18,23,26,28H,2-4,9-10,15-16H2,1H3/t23-,26-/m0/s1. The third kappa shape index (κ3) is 3.23. The van der Waals surface area contributed by atoms with Gasteiger partial charge in [-0.1, -0.05) is 49.6 Å². The van der Waals surface area contributed by atoms with Gasteiger partial charge in [-0.2, -0.15) is 0 Å². The third-order valence-corrected chi connectivity index (χ3v) is 7.72. The number of carbonyl (C=O) groups excluding carboxylic acids is 2. The van der Waals surface area contributed by atoms with Gasteiger partial charge in [0.25, 0.3) is 0 Å². The number of nitrogens with zero attached hydrogens (tertiary/aromatic N) is 2. The first kappa shape index (κ1) is 20.3. The number of methoxy groups -OCH3 is 1. The highest BCUT2D eigenvalue weighted by molar-refractivity contribution is 5.97. The van der Waals surface area contributed by atoms with Crippen LogP contribution in [0.4, 0.5) is 0 Å². The van der Waals surface area contributed by atoms with Crippen molar-refractivity contribution in [2.24, 2.45) is 0 Å². The van der Waals surface area contributed by atoms with Crippen LogP contribution >= 0.6 is 0 Å². The van der Waals surface area contributed by atoms with Crippen LogP contribution in [-0.2, 0) is 16.0 Å². The van der Waals surface area contributed by atoms with Crippen molar-refractivity contribution in [1.82, 2.24) is 14.8 Å². The molecule has 6 nitrogen and oxygen atoms in total. The Hall–Kier alpha value is -3.28. The quantitative estimate of drug-likeness (QED) is 0.660. The van der Waals surface area contributed by atoms with E-state index in [1.54, 1.807) is 7.11 Å². The van der Waals surface area contributed by atoms with Crippen molar-refractivity contribution in [3.8, 4) is 5.75 Å². The minimum Gasteiger partial charge on any atom is -0.497 e. The number of amides is 2. The summed E-state index contributed by atoms with van der Waals surface area (Å²) in [5.41, 5.74) is 4.15. The lowest BCUT2D eigenvalue weighted by molar-refractivity contribution is -0.161. The van der Waals surface area contributed by atoms with Gasteiger partial charge < -0.3 is 19.5 Å². The van der Waals surface area contributed by atoms with Gasteiger partial charge in [-0.15, -0.1) is 0 Å². The highest BCUT2D eigenvalue weighted by Crippen LogP contribution is 2.43. The van der Waals surface area contributed by atoms with Crippen molar-refractivity contribution in [2.75, 3.05) is 13.7 Å². The fourth-order valence-corrected chi connectivity index (χ4v) is 6.15. The Morgan fingerprint density at radius 2 is 1.82 bits per heavy atom. The molecule has 2 aromatic carbocycles. The maximum Gasteiger partial charge on any atom is 0.246 e. The molecule has 0 bridgehead atoms. The fourth-order valence-electron chi connectivity index (χ4n) is 6.15. The van der Waals surface area contributed by atoms with Crippen LogP contribution in [0.2, 0.25) is 0 Å². The van der Waals surface area contributed by atoms with Crippen LogP contribution < -0.4 is 4.74 Å². The summed E-state index contributed by atoms with van der Waals surface area (Å²) in [6.07, 6.45) is 6.05. The van der Waals surface area contributed by atoms with Gasteiger partial charge in [0.1, 0.15) is 18.3 Å². The molecule has 33 heavy (non-hydrogen) atoms. The lowest BCUT2D eigenvalue weighted by atomic mass is 9.85. The number of benzene rings is 2. The zero-order valence-corrected chi connectivity index (χ0v) is 18.9. The predicted octanol–water partition coefficient (Wildman–Crippen LogP) is 4.19. The fraction of sp³-hybridized carbons (Fsp3) is 0.407. The lowest BCUT2D eigenvalue weighted by Gasteiger charge is -2.49. The molecule has 170 valence electrons. The molecule has 1 saturated carbocycles. The summed E-state index contributed by atoms with van der Waals surface area (Å²) in [5.74, 6) is 0.875. The number of carbonyl (C=O) groups is 2. The molecule has 2 amide bonds. The van der Waals surface area contributed by atoms with Crippen molar-refractivity contribution in [1.29, 1.82) is 0 Å². The minimum absolute atomic E-state index is 0.0299. The smallest absolute Gasteiger partial charge is 0.246 e. The highest BCUT2D eigenvalue weighted by atomic mass is 16.5. The van der Waals surface area contributed by atoms with E-state index in [4.69, 9.17) is 4.74 Å². The van der Waals surface area contributed by atoms with E-state index < -0.39 is 6.04 Å². The Kier molecular flexibility index (Phi) is 4.89. The largest absolute Gasteiger partial charge is 0.497 e. The van der Waals surface area contributed by atoms with Crippen molar-refractivity contribution in [2.45, 2.75) is 56.7 Å². The molecular formula is C27H29N3O3. The van der Waals surface area contributed by atoms with Gasteiger partial charge in [0.15, 0.2) is 0 Å². The van der Waals surface area contributed by atoms with Gasteiger partial charge in [0, 0.05) is 29.1 Å². The molecule has 2 atom stereocenters. The molecule has 0 spiro atoms. The van der Waals surface area contributed by atoms with Crippen LogP contribution in [0.25, 0.3) is 10.9 Å². The number of ether oxygens (including phenoxy) is 1. The second-order valence-electron chi connectivity index (χ2n) is 9.52. The summed E-state index contributed by atoms with van der Waals surface area (Å²) in [6.45, 7) is 0.177. The predicted molar refractivity (Wildman–Crippen MR) is 126 cm³/mol. The van der Waals surface area contributed by atoms with Crippen molar-refractivity contribution in [3.63, 3.8) is 0 Å². The Labute approximate surface area is 193 Å².